The van der Waals surface area contributed by atoms with E-state index in [1.807, 2.05) is 0 Å². The topological polar surface area (TPSA) is 55.8 Å². The molecule has 0 bridgehead atoms. The zero-order chi connectivity index (χ0) is 16.9. The molecule has 1 fully saturated rings. The summed E-state index contributed by atoms with van der Waals surface area (Å²) in [5.74, 6) is -0.720. The molecule has 2 aliphatic heterocycles. The van der Waals surface area contributed by atoms with Gasteiger partial charge in [0, 0.05) is 26.0 Å². The number of hydrogen-bond acceptors (Lipinski definition) is 4. The summed E-state index contributed by atoms with van der Waals surface area (Å²) in [4.78, 5) is 14.8. The molecule has 0 radical (unpaired) electrons. The Labute approximate surface area is 141 Å². The molecule has 0 aromatic rings. The Bertz CT molecular complexity index is 341. The Hall–Kier alpha value is -1.23. The fourth-order valence-electron chi connectivity index (χ4n) is 2.90. The van der Waals surface area contributed by atoms with Crippen molar-refractivity contribution < 1.29 is 9.90 Å². The Kier molecular flexibility index (Phi) is 10.5. The minimum absolute atomic E-state index is 0.269. The fraction of sp³-hybridized carbons (Fsp3) is 0.833. The lowest BCUT2D eigenvalue weighted by atomic mass is 10.1. The number of hydrogen-bond donors (Lipinski definition) is 2. The van der Waals surface area contributed by atoms with Gasteiger partial charge in [-0.15, -0.1) is 0 Å². The molecule has 0 aromatic carbocycles. The summed E-state index contributed by atoms with van der Waals surface area (Å²) in [5.41, 5.74) is 0. The van der Waals surface area contributed by atoms with Gasteiger partial charge in [-0.05, 0) is 25.8 Å². The molecule has 0 unspecified atom stereocenters. The van der Waals surface area contributed by atoms with Crippen LogP contribution in [0, 0.1) is 0 Å². The minimum Gasteiger partial charge on any atom is -0.480 e. The van der Waals surface area contributed by atoms with Crippen LogP contribution < -0.4 is 5.32 Å². The van der Waals surface area contributed by atoms with E-state index < -0.39 is 5.97 Å². The maximum atomic E-state index is 10.1. The van der Waals surface area contributed by atoms with Gasteiger partial charge < -0.3 is 20.2 Å². The summed E-state index contributed by atoms with van der Waals surface area (Å²) in [6, 6.07) is -0.269. The third-order valence-corrected chi connectivity index (χ3v) is 4.34. The van der Waals surface area contributed by atoms with E-state index in [9.17, 15) is 4.79 Å². The van der Waals surface area contributed by atoms with Crippen molar-refractivity contribution in [2.24, 2.45) is 0 Å². The highest BCUT2D eigenvalue weighted by Gasteiger charge is 2.20. The van der Waals surface area contributed by atoms with Crippen molar-refractivity contribution >= 4 is 5.97 Å². The van der Waals surface area contributed by atoms with E-state index in [0.717, 1.165) is 26.1 Å². The monoisotopic (exact) mass is 325 g/mol. The molecule has 2 heterocycles. The van der Waals surface area contributed by atoms with Gasteiger partial charge in [0.05, 0.1) is 6.67 Å². The van der Waals surface area contributed by atoms with Crippen molar-refractivity contribution in [3.05, 3.63) is 12.4 Å². The lowest BCUT2D eigenvalue weighted by Crippen LogP contribution is -2.29. The van der Waals surface area contributed by atoms with Gasteiger partial charge in [-0.2, -0.15) is 0 Å². The van der Waals surface area contributed by atoms with E-state index >= 15 is 0 Å². The number of carboxylic acids is 1. The highest BCUT2D eigenvalue weighted by molar-refractivity contribution is 5.73. The van der Waals surface area contributed by atoms with Crippen LogP contribution in [-0.4, -0.2) is 53.7 Å². The van der Waals surface area contributed by atoms with Gasteiger partial charge >= 0.3 is 5.97 Å². The number of unbranched alkanes of at least 4 members (excludes halogenated alkanes) is 6. The van der Waals surface area contributed by atoms with Crippen LogP contribution in [0.2, 0.25) is 0 Å². The predicted octanol–water partition coefficient (Wildman–Crippen LogP) is 3.24. The van der Waals surface area contributed by atoms with Crippen LogP contribution in [0.4, 0.5) is 0 Å². The molecule has 23 heavy (non-hydrogen) atoms. The molecule has 0 aromatic heterocycles. The average Bonchev–Trinajstić information content (AvgIpc) is 3.19. The second-order valence-corrected chi connectivity index (χ2v) is 6.62. The summed E-state index contributed by atoms with van der Waals surface area (Å²) < 4.78 is 0. The van der Waals surface area contributed by atoms with Crippen LogP contribution >= 0.6 is 0 Å². The molecule has 0 aliphatic carbocycles. The van der Waals surface area contributed by atoms with E-state index in [0.29, 0.717) is 0 Å². The van der Waals surface area contributed by atoms with Crippen molar-refractivity contribution in [3.63, 3.8) is 0 Å². The number of carbonyl (C=O) groups is 1. The SMILES string of the molecule is CCCCCCCCCN1C=CN(C)C1.O=C(O)[C@@H]1CCCN1. The minimum atomic E-state index is -0.720. The second-order valence-electron chi connectivity index (χ2n) is 6.62. The Morgan fingerprint density at radius 1 is 1.17 bits per heavy atom. The van der Waals surface area contributed by atoms with E-state index in [4.69, 9.17) is 5.11 Å². The third-order valence-electron chi connectivity index (χ3n) is 4.34. The molecule has 1 atom stereocenters. The summed E-state index contributed by atoms with van der Waals surface area (Å²) >= 11 is 0. The van der Waals surface area contributed by atoms with Gasteiger partial charge in [-0.1, -0.05) is 45.4 Å². The lowest BCUT2D eigenvalue weighted by Gasteiger charge is -2.17. The third kappa shape index (κ3) is 9.49. The molecule has 2 rings (SSSR count). The first-order valence-electron chi connectivity index (χ1n) is 9.22. The molecule has 0 amide bonds. The smallest absolute Gasteiger partial charge is 0.320 e. The Balaban J connectivity index is 0.000000277. The van der Waals surface area contributed by atoms with Gasteiger partial charge in [0.1, 0.15) is 6.04 Å². The fourth-order valence-corrected chi connectivity index (χ4v) is 2.90. The first-order chi connectivity index (χ1) is 11.1. The lowest BCUT2D eigenvalue weighted by molar-refractivity contribution is -0.139. The quantitative estimate of drug-likeness (QED) is 0.637. The molecular weight excluding hydrogens is 290 g/mol. The largest absolute Gasteiger partial charge is 0.480 e. The van der Waals surface area contributed by atoms with E-state index in [1.165, 1.54) is 51.5 Å². The Morgan fingerprint density at radius 2 is 1.87 bits per heavy atom. The number of nitrogens with one attached hydrogen (secondary N) is 1. The number of aliphatic carboxylic acids is 1. The standard InChI is InChI=1S/C13H26N2.C5H9NO2/c1-3-4-5-6-7-8-9-10-15-12-11-14(2)13-15;7-5(8)4-2-1-3-6-4/h11-12H,3-10,13H2,1-2H3;4,6H,1-3H2,(H,7,8)/t;4-/m.0/s1. The molecule has 2 N–H and O–H groups in total. The van der Waals surface area contributed by atoms with E-state index in [-0.39, 0.29) is 6.04 Å². The second kappa shape index (κ2) is 12.2. The maximum absolute atomic E-state index is 10.1. The van der Waals surface area contributed by atoms with Gasteiger partial charge in [0.15, 0.2) is 0 Å². The molecule has 5 nitrogen and oxygen atoms in total. The van der Waals surface area contributed by atoms with Crippen LogP contribution in [0.5, 0.6) is 0 Å². The molecule has 134 valence electrons. The van der Waals surface area contributed by atoms with Crippen LogP contribution in [-0.2, 0) is 4.79 Å². The van der Waals surface area contributed by atoms with Crippen LogP contribution in [0.15, 0.2) is 12.4 Å². The average molecular weight is 325 g/mol. The van der Waals surface area contributed by atoms with E-state index in [2.05, 4.69) is 41.5 Å². The summed E-state index contributed by atoms with van der Waals surface area (Å²) in [5, 5.41) is 11.2. The van der Waals surface area contributed by atoms with Crippen molar-refractivity contribution in [3.8, 4) is 0 Å². The highest BCUT2D eigenvalue weighted by atomic mass is 16.4. The molecule has 1 saturated heterocycles. The number of nitrogens with zero attached hydrogens (tertiary/aromatic N) is 2. The van der Waals surface area contributed by atoms with Crippen LogP contribution in [0.25, 0.3) is 0 Å². The molecule has 0 spiro atoms. The zero-order valence-electron chi connectivity index (χ0n) is 15.0. The van der Waals surface area contributed by atoms with Gasteiger partial charge in [0.2, 0.25) is 0 Å². The molecule has 0 saturated carbocycles. The molecule has 5 heteroatoms. The summed E-state index contributed by atoms with van der Waals surface area (Å²) in [6.07, 6.45) is 16.0. The summed E-state index contributed by atoms with van der Waals surface area (Å²) in [6.45, 7) is 5.44. The normalized spacial score (nSPS) is 19.8. The van der Waals surface area contributed by atoms with Gasteiger partial charge in [0.25, 0.3) is 0 Å². The maximum Gasteiger partial charge on any atom is 0.320 e. The van der Waals surface area contributed by atoms with Crippen molar-refractivity contribution in [1.82, 2.24) is 15.1 Å². The van der Waals surface area contributed by atoms with Crippen molar-refractivity contribution in [2.75, 3.05) is 26.8 Å². The van der Waals surface area contributed by atoms with Gasteiger partial charge in [-0.25, -0.2) is 0 Å². The first-order valence-corrected chi connectivity index (χ1v) is 9.22. The van der Waals surface area contributed by atoms with Gasteiger partial charge in [-0.3, -0.25) is 4.79 Å². The molecular formula is C18H35N3O2. The van der Waals surface area contributed by atoms with Crippen molar-refractivity contribution in [2.45, 2.75) is 70.8 Å². The zero-order valence-corrected chi connectivity index (χ0v) is 15.0. The Morgan fingerprint density at radius 3 is 2.35 bits per heavy atom. The predicted molar refractivity (Wildman–Crippen MR) is 95.1 cm³/mol. The van der Waals surface area contributed by atoms with Crippen LogP contribution in [0.3, 0.4) is 0 Å². The first kappa shape index (κ1) is 19.8. The number of rotatable bonds is 9. The van der Waals surface area contributed by atoms with Crippen molar-refractivity contribution in [1.29, 1.82) is 0 Å². The highest BCUT2D eigenvalue weighted by Crippen LogP contribution is 2.09. The summed E-state index contributed by atoms with van der Waals surface area (Å²) in [7, 11) is 2.13. The van der Waals surface area contributed by atoms with E-state index in [1.54, 1.807) is 0 Å². The molecule has 2 aliphatic rings. The van der Waals surface area contributed by atoms with Crippen LogP contribution in [0.1, 0.15) is 64.7 Å². The number of carboxylic acid groups (broad SMARTS) is 1.